The van der Waals surface area contributed by atoms with Crippen molar-refractivity contribution in [1.29, 1.82) is 0 Å². The molecule has 0 N–H and O–H groups in total. The normalized spacial score (nSPS) is 12.9. The van der Waals surface area contributed by atoms with Crippen LogP contribution in [0.1, 0.15) is 25.0 Å². The molecule has 0 saturated heterocycles. The van der Waals surface area contributed by atoms with Crippen molar-refractivity contribution in [3.8, 4) is 39.1 Å². The fourth-order valence-corrected chi connectivity index (χ4v) is 10.2. The minimum Gasteiger partial charge on any atom is -0.310 e. The fourth-order valence-electron chi connectivity index (χ4n) is 10.2. The third-order valence-electron chi connectivity index (χ3n) is 13.1. The molecule has 1 heterocycles. The summed E-state index contributed by atoms with van der Waals surface area (Å²) in [5, 5.41) is 7.45. The molecule has 1 aliphatic carbocycles. The SMILES string of the molecule is CC1(C)c2ccccc2-c2ccc(N(c3ccccc3)c3ccc(-c4cc5ccccc5c5c4c4cc(-c6ccc7ccccc7c6)ccc4n5-c4ccccc4)cc3)cc21. The van der Waals surface area contributed by atoms with E-state index >= 15 is 0 Å². The van der Waals surface area contributed by atoms with Gasteiger partial charge in [0, 0.05) is 44.3 Å². The average molecular weight is 779 g/mol. The average Bonchev–Trinajstić information content (AvgIpc) is 3.78. The van der Waals surface area contributed by atoms with Crippen LogP contribution in [0.25, 0.3) is 82.4 Å². The van der Waals surface area contributed by atoms with Gasteiger partial charge in [-0.25, -0.2) is 0 Å². The van der Waals surface area contributed by atoms with Gasteiger partial charge in [0.25, 0.3) is 0 Å². The molecule has 11 aromatic rings. The van der Waals surface area contributed by atoms with Crippen LogP contribution in [0.4, 0.5) is 17.1 Å². The van der Waals surface area contributed by atoms with Crippen LogP contribution in [0.3, 0.4) is 0 Å². The van der Waals surface area contributed by atoms with Crippen LogP contribution in [0.5, 0.6) is 0 Å². The molecule has 0 aliphatic heterocycles. The van der Waals surface area contributed by atoms with Crippen LogP contribution in [0.15, 0.2) is 218 Å². The second-order valence-corrected chi connectivity index (χ2v) is 17.0. The molecule has 2 heteroatoms. The van der Waals surface area contributed by atoms with Crippen molar-refractivity contribution in [1.82, 2.24) is 4.57 Å². The quantitative estimate of drug-likeness (QED) is 0.163. The largest absolute Gasteiger partial charge is 0.310 e. The number of anilines is 3. The van der Waals surface area contributed by atoms with Gasteiger partial charge in [0.2, 0.25) is 0 Å². The van der Waals surface area contributed by atoms with Crippen molar-refractivity contribution < 1.29 is 0 Å². The van der Waals surface area contributed by atoms with E-state index in [9.17, 15) is 0 Å². The van der Waals surface area contributed by atoms with E-state index in [1.165, 1.54) is 87.9 Å². The fraction of sp³-hybridized carbons (Fsp3) is 0.0508. The summed E-state index contributed by atoms with van der Waals surface area (Å²) >= 11 is 0. The van der Waals surface area contributed by atoms with Gasteiger partial charge in [0.15, 0.2) is 0 Å². The highest BCUT2D eigenvalue weighted by molar-refractivity contribution is 6.24. The van der Waals surface area contributed by atoms with E-state index in [-0.39, 0.29) is 5.41 Å². The molecule has 0 fully saturated rings. The van der Waals surface area contributed by atoms with Crippen molar-refractivity contribution in [3.05, 3.63) is 230 Å². The zero-order valence-electron chi connectivity index (χ0n) is 34.2. The first-order chi connectivity index (χ1) is 30.0. The number of fused-ring (bicyclic) bond motifs is 9. The number of nitrogens with zero attached hydrogens (tertiary/aromatic N) is 2. The summed E-state index contributed by atoms with van der Waals surface area (Å²) in [7, 11) is 0. The summed E-state index contributed by atoms with van der Waals surface area (Å²) in [4.78, 5) is 2.40. The standard InChI is InChI=1S/C59H42N2/c1-59(2)54-24-14-13-23-50(54)51-33-32-48(38-55(51)59)60(45-18-5-3-6-19-45)47-30-27-40(28-31-47)52-37-44-17-11-12-22-49(44)58-57(52)53-36-43(42-26-25-39-15-9-10-16-41(39)35-42)29-34-56(53)61(58)46-20-7-4-8-21-46/h3-38H,1-2H3. The summed E-state index contributed by atoms with van der Waals surface area (Å²) < 4.78 is 2.47. The number of para-hydroxylation sites is 2. The summed E-state index contributed by atoms with van der Waals surface area (Å²) in [5.74, 6) is 0. The molecule has 10 aromatic carbocycles. The van der Waals surface area contributed by atoms with Gasteiger partial charge in [0.05, 0.1) is 11.0 Å². The van der Waals surface area contributed by atoms with E-state index in [2.05, 4.69) is 242 Å². The Labute approximate surface area is 356 Å². The van der Waals surface area contributed by atoms with Crippen LogP contribution in [-0.2, 0) is 5.41 Å². The van der Waals surface area contributed by atoms with Crippen LogP contribution in [0, 0.1) is 0 Å². The Kier molecular flexibility index (Phi) is 7.92. The Bertz CT molecular complexity index is 3480. The van der Waals surface area contributed by atoms with Crippen molar-refractivity contribution in [2.24, 2.45) is 0 Å². The molecule has 0 saturated carbocycles. The van der Waals surface area contributed by atoms with Crippen molar-refractivity contribution in [2.45, 2.75) is 19.3 Å². The van der Waals surface area contributed by atoms with Gasteiger partial charge in [-0.3, -0.25) is 0 Å². The van der Waals surface area contributed by atoms with Crippen molar-refractivity contribution in [2.75, 3.05) is 4.90 Å². The third kappa shape index (κ3) is 5.56. The van der Waals surface area contributed by atoms with E-state index < -0.39 is 0 Å². The maximum absolute atomic E-state index is 2.47. The maximum atomic E-state index is 2.47. The van der Waals surface area contributed by atoms with E-state index in [0.29, 0.717) is 0 Å². The predicted octanol–water partition coefficient (Wildman–Crippen LogP) is 16.2. The minimum absolute atomic E-state index is 0.0945. The maximum Gasteiger partial charge on any atom is 0.0625 e. The molecule has 1 aliphatic rings. The van der Waals surface area contributed by atoms with E-state index in [1.807, 2.05) is 0 Å². The Morgan fingerprint density at radius 1 is 0.377 bits per heavy atom. The molecule has 2 nitrogen and oxygen atoms in total. The molecule has 0 radical (unpaired) electrons. The van der Waals surface area contributed by atoms with Gasteiger partial charge < -0.3 is 9.47 Å². The summed E-state index contributed by atoms with van der Waals surface area (Å²) in [6, 6.07) is 80.4. The van der Waals surface area contributed by atoms with Crippen LogP contribution in [-0.4, -0.2) is 4.57 Å². The van der Waals surface area contributed by atoms with Crippen LogP contribution in [0.2, 0.25) is 0 Å². The highest BCUT2D eigenvalue weighted by Crippen LogP contribution is 2.51. The summed E-state index contributed by atoms with van der Waals surface area (Å²) in [6.07, 6.45) is 0. The molecule has 12 rings (SSSR count). The predicted molar refractivity (Wildman–Crippen MR) is 259 cm³/mol. The first kappa shape index (κ1) is 35.3. The van der Waals surface area contributed by atoms with Crippen molar-refractivity contribution >= 4 is 60.4 Å². The number of hydrogen-bond acceptors (Lipinski definition) is 1. The topological polar surface area (TPSA) is 8.17 Å². The van der Waals surface area contributed by atoms with Gasteiger partial charge in [-0.1, -0.05) is 159 Å². The molecular weight excluding hydrogens is 737 g/mol. The van der Waals surface area contributed by atoms with E-state index in [0.717, 1.165) is 22.7 Å². The number of benzene rings is 10. The minimum atomic E-state index is -0.0945. The smallest absolute Gasteiger partial charge is 0.0625 e. The van der Waals surface area contributed by atoms with E-state index in [4.69, 9.17) is 0 Å². The number of rotatable bonds is 6. The molecule has 0 atom stereocenters. The van der Waals surface area contributed by atoms with Gasteiger partial charge in [-0.15, -0.1) is 0 Å². The molecular formula is C59H42N2. The summed E-state index contributed by atoms with van der Waals surface area (Å²) in [6.45, 7) is 4.71. The highest BCUT2D eigenvalue weighted by Gasteiger charge is 2.35. The van der Waals surface area contributed by atoms with Crippen LogP contribution >= 0.6 is 0 Å². The Morgan fingerprint density at radius 2 is 0.984 bits per heavy atom. The van der Waals surface area contributed by atoms with Crippen LogP contribution < -0.4 is 4.90 Å². The van der Waals surface area contributed by atoms with Gasteiger partial charge >= 0.3 is 0 Å². The Morgan fingerprint density at radius 3 is 1.80 bits per heavy atom. The monoisotopic (exact) mass is 778 g/mol. The highest BCUT2D eigenvalue weighted by atomic mass is 15.1. The number of aromatic nitrogens is 1. The molecule has 61 heavy (non-hydrogen) atoms. The number of hydrogen-bond donors (Lipinski definition) is 0. The molecule has 0 amide bonds. The lowest BCUT2D eigenvalue weighted by molar-refractivity contribution is 0.660. The lowest BCUT2D eigenvalue weighted by Crippen LogP contribution is -2.16. The zero-order valence-corrected chi connectivity index (χ0v) is 34.2. The van der Waals surface area contributed by atoms with Crippen molar-refractivity contribution in [3.63, 3.8) is 0 Å². The summed E-state index contributed by atoms with van der Waals surface area (Å²) in [5.41, 5.74) is 17.1. The second-order valence-electron chi connectivity index (χ2n) is 17.0. The molecule has 0 bridgehead atoms. The molecule has 0 spiro atoms. The lowest BCUT2D eigenvalue weighted by atomic mass is 9.82. The Hall–Kier alpha value is -7.68. The first-order valence-electron chi connectivity index (χ1n) is 21.3. The lowest BCUT2D eigenvalue weighted by Gasteiger charge is -2.28. The van der Waals surface area contributed by atoms with Gasteiger partial charge in [-0.05, 0) is 133 Å². The zero-order chi connectivity index (χ0) is 40.7. The first-order valence-corrected chi connectivity index (χ1v) is 21.3. The third-order valence-corrected chi connectivity index (χ3v) is 13.1. The van der Waals surface area contributed by atoms with Gasteiger partial charge in [-0.2, -0.15) is 0 Å². The van der Waals surface area contributed by atoms with E-state index in [1.54, 1.807) is 0 Å². The molecule has 1 aromatic heterocycles. The van der Waals surface area contributed by atoms with Gasteiger partial charge in [0.1, 0.15) is 0 Å². The Balaban J connectivity index is 1.06. The second kappa shape index (κ2) is 13.7. The molecule has 288 valence electrons. The molecule has 0 unspecified atom stereocenters.